The zero-order chi connectivity index (χ0) is 23.3. The van der Waals surface area contributed by atoms with Crippen LogP contribution < -0.4 is 15.1 Å². The molecule has 0 aliphatic carbocycles. The Labute approximate surface area is 203 Å². The molecular formula is C25H31N5O3S. The normalized spacial score (nSPS) is 22.6. The second-order valence-electron chi connectivity index (χ2n) is 10.1. The molecule has 3 aliphatic rings. The van der Waals surface area contributed by atoms with Crippen molar-refractivity contribution in [2.24, 2.45) is 0 Å². The van der Waals surface area contributed by atoms with Gasteiger partial charge in [-0.05, 0) is 44.0 Å². The molecular weight excluding hydrogens is 450 g/mol. The van der Waals surface area contributed by atoms with Gasteiger partial charge in [-0.2, -0.15) is 0 Å². The summed E-state index contributed by atoms with van der Waals surface area (Å²) >= 11 is 1.51. The first kappa shape index (κ1) is 21.9. The smallest absolute Gasteiger partial charge is 0.263 e. The third kappa shape index (κ3) is 4.06. The van der Waals surface area contributed by atoms with E-state index < -0.39 is 0 Å². The fourth-order valence-electron chi connectivity index (χ4n) is 5.27. The van der Waals surface area contributed by atoms with Gasteiger partial charge < -0.3 is 29.6 Å². The summed E-state index contributed by atoms with van der Waals surface area (Å²) in [5, 5.41) is 5.29. The summed E-state index contributed by atoms with van der Waals surface area (Å²) in [5.74, 6) is -0.00733. The van der Waals surface area contributed by atoms with Crippen molar-refractivity contribution in [3.05, 3.63) is 40.5 Å². The number of H-pyrrole nitrogens is 1. The molecule has 8 nitrogen and oxygen atoms in total. The summed E-state index contributed by atoms with van der Waals surface area (Å²) in [6.45, 7) is 9.61. The van der Waals surface area contributed by atoms with Crippen molar-refractivity contribution in [3.8, 4) is 0 Å². The van der Waals surface area contributed by atoms with E-state index in [1.165, 1.54) is 28.0 Å². The first-order valence-electron chi connectivity index (χ1n) is 12.1. The average Bonchev–Trinajstić information content (AvgIpc) is 3.43. The van der Waals surface area contributed by atoms with Crippen LogP contribution in [0.2, 0.25) is 0 Å². The number of ether oxygens (including phenoxy) is 2. The third-order valence-electron chi connectivity index (χ3n) is 7.01. The molecule has 1 amide bonds. The number of carbonyl (C=O) groups excluding carboxylic acids is 1. The largest absolute Gasteiger partial charge is 0.378 e. The molecule has 1 atom stereocenters. The fraction of sp³-hybridized carbons (Fsp3) is 0.520. The van der Waals surface area contributed by atoms with E-state index in [1.807, 2.05) is 13.8 Å². The van der Waals surface area contributed by atoms with Gasteiger partial charge in [-0.1, -0.05) is 11.3 Å². The van der Waals surface area contributed by atoms with Crippen molar-refractivity contribution in [3.63, 3.8) is 0 Å². The zero-order valence-corrected chi connectivity index (χ0v) is 20.5. The van der Waals surface area contributed by atoms with Gasteiger partial charge in [0.2, 0.25) is 0 Å². The number of aromatic amines is 1. The highest BCUT2D eigenvalue weighted by atomic mass is 32.1. The number of aromatic nitrogens is 2. The third-order valence-corrected chi connectivity index (χ3v) is 8.14. The number of benzene rings is 1. The summed E-state index contributed by atoms with van der Waals surface area (Å²) in [6, 6.07) is 6.84. The molecule has 0 saturated carbocycles. The van der Waals surface area contributed by atoms with E-state index in [4.69, 9.17) is 14.5 Å². The van der Waals surface area contributed by atoms with E-state index >= 15 is 0 Å². The predicted molar refractivity (Wildman–Crippen MR) is 134 cm³/mol. The number of morpholine rings is 2. The number of nitrogens with zero attached hydrogens (tertiary/aromatic N) is 3. The number of carbonyl (C=O) groups is 1. The van der Waals surface area contributed by atoms with E-state index in [2.05, 4.69) is 44.5 Å². The van der Waals surface area contributed by atoms with Crippen LogP contribution in [0.4, 0.5) is 10.8 Å². The van der Waals surface area contributed by atoms with Crippen molar-refractivity contribution < 1.29 is 14.3 Å². The van der Waals surface area contributed by atoms with Crippen molar-refractivity contribution in [1.82, 2.24) is 15.3 Å². The van der Waals surface area contributed by atoms with Crippen LogP contribution in [0.1, 0.15) is 34.8 Å². The van der Waals surface area contributed by atoms with Crippen LogP contribution in [-0.2, 0) is 22.3 Å². The molecule has 5 heterocycles. The molecule has 9 heteroatoms. The summed E-state index contributed by atoms with van der Waals surface area (Å²) in [6.07, 6.45) is 3.74. The van der Waals surface area contributed by atoms with Gasteiger partial charge in [0.05, 0.1) is 38.2 Å². The first-order chi connectivity index (χ1) is 16.5. The lowest BCUT2D eigenvalue weighted by atomic mass is 9.94. The monoisotopic (exact) mass is 481 g/mol. The number of hydrogen-bond donors (Lipinski definition) is 2. The Bertz CT molecular complexity index is 1210. The second kappa shape index (κ2) is 8.55. The van der Waals surface area contributed by atoms with Gasteiger partial charge in [0.25, 0.3) is 5.91 Å². The number of nitrogens with one attached hydrogen (secondary N) is 2. The molecule has 2 fully saturated rings. The Kier molecular flexibility index (Phi) is 5.50. The van der Waals surface area contributed by atoms with E-state index in [1.54, 1.807) is 0 Å². The maximum absolute atomic E-state index is 12.6. The van der Waals surface area contributed by atoms with Gasteiger partial charge >= 0.3 is 0 Å². The summed E-state index contributed by atoms with van der Waals surface area (Å²) < 4.78 is 11.4. The lowest BCUT2D eigenvalue weighted by Gasteiger charge is -2.35. The number of thiazole rings is 1. The van der Waals surface area contributed by atoms with Gasteiger partial charge in [-0.25, -0.2) is 4.98 Å². The maximum Gasteiger partial charge on any atom is 0.263 e. The molecule has 2 N–H and O–H groups in total. The lowest BCUT2D eigenvalue weighted by Crippen LogP contribution is -2.48. The van der Waals surface area contributed by atoms with Crippen molar-refractivity contribution >= 4 is 39.0 Å². The van der Waals surface area contributed by atoms with E-state index in [-0.39, 0.29) is 17.5 Å². The molecule has 2 aromatic heterocycles. The Morgan fingerprint density at radius 1 is 1.18 bits per heavy atom. The second-order valence-corrected chi connectivity index (χ2v) is 11.0. The van der Waals surface area contributed by atoms with Crippen LogP contribution in [0.3, 0.4) is 0 Å². The molecule has 0 bridgehead atoms. The predicted octanol–water partition coefficient (Wildman–Crippen LogP) is 2.97. The fourth-order valence-corrected chi connectivity index (χ4v) is 6.34. The van der Waals surface area contributed by atoms with Crippen molar-refractivity contribution in [2.45, 2.75) is 38.3 Å². The Morgan fingerprint density at radius 3 is 2.85 bits per heavy atom. The molecule has 34 heavy (non-hydrogen) atoms. The standard InChI is InChI=1S/C25H31N5O3S/c1-25(2)13-21-22(23(31)28-25)34-24(27-21)30-7-10-33-15-18(30)11-16-14-26-20-4-3-17(12-19(16)20)29-5-8-32-9-6-29/h3-4,12,14,18,26H,5-11,13,15H2,1-2H3,(H,28,31). The van der Waals surface area contributed by atoms with Crippen LogP contribution in [0.15, 0.2) is 24.4 Å². The van der Waals surface area contributed by atoms with E-state index in [9.17, 15) is 4.79 Å². The number of fused-ring (bicyclic) bond motifs is 2. The number of hydrogen-bond acceptors (Lipinski definition) is 7. The van der Waals surface area contributed by atoms with Gasteiger partial charge in [0.15, 0.2) is 5.13 Å². The van der Waals surface area contributed by atoms with Gasteiger partial charge in [-0.3, -0.25) is 4.79 Å². The van der Waals surface area contributed by atoms with Crippen molar-refractivity contribution in [1.29, 1.82) is 0 Å². The Hall–Kier alpha value is -2.62. The maximum atomic E-state index is 12.6. The van der Waals surface area contributed by atoms with Crippen LogP contribution in [0.5, 0.6) is 0 Å². The molecule has 0 radical (unpaired) electrons. The summed E-state index contributed by atoms with van der Waals surface area (Å²) in [5.41, 5.74) is 4.34. The Morgan fingerprint density at radius 2 is 2.00 bits per heavy atom. The molecule has 6 rings (SSSR count). The molecule has 1 aromatic carbocycles. The lowest BCUT2D eigenvalue weighted by molar-refractivity contribution is 0.0900. The average molecular weight is 482 g/mol. The van der Waals surface area contributed by atoms with E-state index in [0.717, 1.165) is 66.9 Å². The molecule has 1 unspecified atom stereocenters. The van der Waals surface area contributed by atoms with Crippen LogP contribution in [-0.4, -0.2) is 73.5 Å². The molecule has 0 spiro atoms. The topological polar surface area (TPSA) is 82.7 Å². The van der Waals surface area contributed by atoms with E-state index in [0.29, 0.717) is 13.2 Å². The van der Waals surface area contributed by atoms with Gasteiger partial charge in [0, 0.05) is 54.4 Å². The highest BCUT2D eigenvalue weighted by molar-refractivity contribution is 7.17. The highest BCUT2D eigenvalue weighted by Crippen LogP contribution is 2.35. The number of rotatable bonds is 4. The van der Waals surface area contributed by atoms with Crippen LogP contribution >= 0.6 is 11.3 Å². The minimum atomic E-state index is -0.262. The first-order valence-corrected chi connectivity index (χ1v) is 12.9. The SMILES string of the molecule is CC1(C)Cc2nc(N3CCOCC3Cc3c[nH]c4ccc(N5CCOCC5)cc34)sc2C(=O)N1. The minimum absolute atomic E-state index is 0.00733. The van der Waals surface area contributed by atoms with Gasteiger partial charge in [-0.15, -0.1) is 0 Å². The summed E-state index contributed by atoms with van der Waals surface area (Å²) in [4.78, 5) is 26.5. The minimum Gasteiger partial charge on any atom is -0.378 e. The quantitative estimate of drug-likeness (QED) is 0.596. The Balaban J connectivity index is 1.27. The highest BCUT2D eigenvalue weighted by Gasteiger charge is 2.35. The summed E-state index contributed by atoms with van der Waals surface area (Å²) in [7, 11) is 0. The number of anilines is 2. The molecule has 3 aromatic rings. The van der Waals surface area contributed by atoms with Gasteiger partial charge in [0.1, 0.15) is 4.88 Å². The molecule has 2 saturated heterocycles. The van der Waals surface area contributed by atoms with Crippen molar-refractivity contribution in [2.75, 3.05) is 55.9 Å². The zero-order valence-electron chi connectivity index (χ0n) is 19.7. The number of amides is 1. The van der Waals surface area contributed by atoms with Crippen LogP contribution in [0.25, 0.3) is 10.9 Å². The van der Waals surface area contributed by atoms with Crippen LogP contribution in [0, 0.1) is 0 Å². The molecule has 3 aliphatic heterocycles. The molecule has 180 valence electrons.